The van der Waals surface area contributed by atoms with Gasteiger partial charge in [0, 0.05) is 18.7 Å². The van der Waals surface area contributed by atoms with Crippen LogP contribution >= 0.6 is 7.92 Å². The number of nitrogens with zero attached hydrogens (tertiary/aromatic N) is 1. The molecule has 1 N–H and O–H groups in total. The Morgan fingerprint density at radius 1 is 1.21 bits per heavy atom. The SMILES string of the molecule is C=C(C)C(=O)OCCNN(CCP(CC)CC)C(=O)OC(C)(C)C. The summed E-state index contributed by atoms with van der Waals surface area (Å²) >= 11 is 0. The summed E-state index contributed by atoms with van der Waals surface area (Å²) < 4.78 is 10.5. The van der Waals surface area contributed by atoms with E-state index in [1.807, 2.05) is 20.8 Å². The molecule has 0 aliphatic heterocycles. The fraction of sp³-hybridized carbons (Fsp3) is 0.765. The molecule has 0 aliphatic carbocycles. The maximum absolute atomic E-state index is 12.3. The number of nitrogens with one attached hydrogen (secondary N) is 1. The topological polar surface area (TPSA) is 67.9 Å². The van der Waals surface area contributed by atoms with Crippen molar-refractivity contribution in [3.05, 3.63) is 12.2 Å². The summed E-state index contributed by atoms with van der Waals surface area (Å²) in [7, 11) is -0.0706. The molecule has 0 unspecified atom stereocenters. The lowest BCUT2D eigenvalue weighted by molar-refractivity contribution is -0.138. The number of ether oxygens (including phenoxy) is 2. The van der Waals surface area contributed by atoms with E-state index in [0.29, 0.717) is 18.7 Å². The van der Waals surface area contributed by atoms with Crippen molar-refractivity contribution in [3.63, 3.8) is 0 Å². The zero-order chi connectivity index (χ0) is 18.8. The number of hydrogen-bond acceptors (Lipinski definition) is 5. The van der Waals surface area contributed by atoms with Gasteiger partial charge < -0.3 is 9.47 Å². The number of rotatable bonds is 10. The Bertz CT molecular complexity index is 417. The fourth-order valence-corrected chi connectivity index (χ4v) is 3.34. The summed E-state index contributed by atoms with van der Waals surface area (Å²) in [4.78, 5) is 23.7. The van der Waals surface area contributed by atoms with Crippen molar-refractivity contribution in [2.24, 2.45) is 0 Å². The van der Waals surface area contributed by atoms with Gasteiger partial charge in [-0.25, -0.2) is 20.0 Å². The maximum atomic E-state index is 12.3. The minimum absolute atomic E-state index is 0.0706. The fourth-order valence-electron chi connectivity index (χ4n) is 1.78. The Morgan fingerprint density at radius 3 is 2.25 bits per heavy atom. The number of carbonyl (C=O) groups is 2. The summed E-state index contributed by atoms with van der Waals surface area (Å²) in [5, 5.41) is 1.49. The second-order valence-electron chi connectivity index (χ2n) is 6.48. The Hall–Kier alpha value is -1.13. The van der Waals surface area contributed by atoms with Crippen LogP contribution in [0.2, 0.25) is 0 Å². The summed E-state index contributed by atoms with van der Waals surface area (Å²) in [6.07, 6.45) is 2.84. The molecule has 0 saturated heterocycles. The minimum atomic E-state index is -0.552. The van der Waals surface area contributed by atoms with Crippen LogP contribution in [0, 0.1) is 0 Å². The Labute approximate surface area is 147 Å². The van der Waals surface area contributed by atoms with Crippen LogP contribution in [0.15, 0.2) is 12.2 Å². The van der Waals surface area contributed by atoms with Gasteiger partial charge in [-0.05, 0) is 46.2 Å². The molecule has 0 spiro atoms. The van der Waals surface area contributed by atoms with E-state index in [1.165, 1.54) is 5.01 Å². The molecule has 0 radical (unpaired) electrons. The van der Waals surface area contributed by atoms with Crippen LogP contribution in [0.5, 0.6) is 0 Å². The predicted molar refractivity (Wildman–Crippen MR) is 99.6 cm³/mol. The van der Waals surface area contributed by atoms with Crippen LogP contribution < -0.4 is 5.43 Å². The van der Waals surface area contributed by atoms with Crippen molar-refractivity contribution in [1.82, 2.24) is 10.4 Å². The number of amides is 1. The first-order valence-corrected chi connectivity index (χ1v) is 10.3. The normalized spacial score (nSPS) is 11.3. The number of esters is 1. The van der Waals surface area contributed by atoms with E-state index in [0.717, 1.165) is 18.5 Å². The largest absolute Gasteiger partial charge is 0.461 e. The second kappa shape index (κ2) is 11.4. The van der Waals surface area contributed by atoms with Crippen molar-refractivity contribution in [1.29, 1.82) is 0 Å². The van der Waals surface area contributed by atoms with Crippen LogP contribution in [0.4, 0.5) is 4.79 Å². The molecular formula is C17H33N2O4P. The molecule has 0 aliphatic rings. The van der Waals surface area contributed by atoms with Crippen molar-refractivity contribution in [2.45, 2.75) is 47.1 Å². The van der Waals surface area contributed by atoms with Crippen LogP contribution in [0.25, 0.3) is 0 Å². The van der Waals surface area contributed by atoms with Gasteiger partial charge in [0.05, 0.1) is 0 Å². The van der Waals surface area contributed by atoms with Crippen molar-refractivity contribution in [2.75, 3.05) is 38.2 Å². The van der Waals surface area contributed by atoms with E-state index in [1.54, 1.807) is 6.92 Å². The second-order valence-corrected chi connectivity index (χ2v) is 9.54. The molecule has 0 aromatic rings. The lowest BCUT2D eigenvalue weighted by Crippen LogP contribution is -2.48. The molecule has 0 aromatic heterocycles. The number of hydrogen-bond donors (Lipinski definition) is 1. The molecule has 0 heterocycles. The molecule has 24 heavy (non-hydrogen) atoms. The first-order chi connectivity index (χ1) is 11.1. The third kappa shape index (κ3) is 10.6. The van der Waals surface area contributed by atoms with Gasteiger partial charge in [-0.2, -0.15) is 0 Å². The highest BCUT2D eigenvalue weighted by atomic mass is 31.1. The lowest BCUT2D eigenvalue weighted by Gasteiger charge is -2.28. The monoisotopic (exact) mass is 360 g/mol. The predicted octanol–water partition coefficient (Wildman–Crippen LogP) is 3.37. The van der Waals surface area contributed by atoms with E-state index in [9.17, 15) is 9.59 Å². The zero-order valence-corrected chi connectivity index (χ0v) is 16.9. The highest BCUT2D eigenvalue weighted by Crippen LogP contribution is 2.33. The van der Waals surface area contributed by atoms with E-state index < -0.39 is 17.7 Å². The molecule has 0 rings (SSSR count). The third-order valence-corrected chi connectivity index (χ3v) is 5.76. The van der Waals surface area contributed by atoms with Crippen molar-refractivity contribution < 1.29 is 19.1 Å². The van der Waals surface area contributed by atoms with Crippen LogP contribution in [0.1, 0.15) is 41.5 Å². The molecule has 7 heteroatoms. The lowest BCUT2D eigenvalue weighted by atomic mass is 10.2. The summed E-state index contributed by atoms with van der Waals surface area (Å²) in [6.45, 7) is 16.1. The quantitative estimate of drug-likeness (QED) is 0.213. The van der Waals surface area contributed by atoms with Gasteiger partial charge >= 0.3 is 12.1 Å². The first-order valence-electron chi connectivity index (χ1n) is 8.39. The van der Waals surface area contributed by atoms with Gasteiger partial charge in [-0.1, -0.05) is 20.4 Å². The molecular weight excluding hydrogens is 327 g/mol. The third-order valence-electron chi connectivity index (χ3n) is 3.13. The van der Waals surface area contributed by atoms with E-state index in [-0.39, 0.29) is 14.5 Å². The van der Waals surface area contributed by atoms with Crippen LogP contribution in [-0.2, 0) is 14.3 Å². The first kappa shape index (κ1) is 22.9. The molecule has 0 atom stereocenters. The molecule has 140 valence electrons. The van der Waals surface area contributed by atoms with Gasteiger partial charge in [0.2, 0.25) is 0 Å². The van der Waals surface area contributed by atoms with Crippen LogP contribution in [-0.4, -0.2) is 60.9 Å². The van der Waals surface area contributed by atoms with Gasteiger partial charge in [0.15, 0.2) is 0 Å². The Balaban J connectivity index is 4.53. The highest BCUT2D eigenvalue weighted by molar-refractivity contribution is 7.57. The number of carbonyl (C=O) groups excluding carboxylic acids is 2. The highest BCUT2D eigenvalue weighted by Gasteiger charge is 2.22. The molecule has 0 fully saturated rings. The summed E-state index contributed by atoms with van der Waals surface area (Å²) in [6, 6.07) is 0. The Morgan fingerprint density at radius 2 is 1.79 bits per heavy atom. The molecule has 0 saturated carbocycles. The van der Waals surface area contributed by atoms with E-state index in [4.69, 9.17) is 9.47 Å². The molecule has 1 amide bonds. The van der Waals surface area contributed by atoms with Gasteiger partial charge in [-0.15, -0.1) is 7.92 Å². The minimum Gasteiger partial charge on any atom is -0.461 e. The average Bonchev–Trinajstić information content (AvgIpc) is 2.47. The van der Waals surface area contributed by atoms with Gasteiger partial charge in [0.1, 0.15) is 12.2 Å². The smallest absolute Gasteiger partial charge is 0.424 e. The molecule has 0 bridgehead atoms. The van der Waals surface area contributed by atoms with Gasteiger partial charge in [-0.3, -0.25) is 0 Å². The van der Waals surface area contributed by atoms with Crippen LogP contribution in [0.3, 0.4) is 0 Å². The van der Waals surface area contributed by atoms with E-state index in [2.05, 4.69) is 25.9 Å². The van der Waals surface area contributed by atoms with Gasteiger partial charge in [0.25, 0.3) is 0 Å². The van der Waals surface area contributed by atoms with Crippen molar-refractivity contribution >= 4 is 20.0 Å². The maximum Gasteiger partial charge on any atom is 0.424 e. The summed E-state index contributed by atoms with van der Waals surface area (Å²) in [5.74, 6) is -0.430. The Kier molecular flexibility index (Phi) is 10.9. The molecule has 0 aromatic carbocycles. The number of hydrazine groups is 1. The van der Waals surface area contributed by atoms with Crippen molar-refractivity contribution in [3.8, 4) is 0 Å². The zero-order valence-electron chi connectivity index (χ0n) is 16.0. The molecule has 6 nitrogen and oxygen atoms in total. The average molecular weight is 360 g/mol. The standard InChI is InChI=1S/C17H33N2O4P/c1-8-24(9-2)13-11-19(16(21)23-17(5,6)7)18-10-12-22-15(20)14(3)4/h18H,3,8-13H2,1-2,4-7H3. The van der Waals surface area contributed by atoms with E-state index >= 15 is 0 Å². The summed E-state index contributed by atoms with van der Waals surface area (Å²) in [5.41, 5.74) is 2.81.